The number of ketones is 1. The summed E-state index contributed by atoms with van der Waals surface area (Å²) in [6, 6.07) is 12.3. The zero-order valence-corrected chi connectivity index (χ0v) is 24.8. The van der Waals surface area contributed by atoms with Crippen LogP contribution in [0, 0.1) is 0 Å². The molecular weight excluding hydrogens is 512 g/mol. The Balaban J connectivity index is 1.71. The Morgan fingerprint density at radius 2 is 1.54 bits per heavy atom. The van der Waals surface area contributed by atoms with Crippen molar-refractivity contribution in [2.24, 2.45) is 0 Å². The van der Waals surface area contributed by atoms with Crippen LogP contribution in [-0.2, 0) is 16.4 Å². The Hall–Kier alpha value is -2.84. The molecule has 0 radical (unpaired) electrons. The molecule has 0 aliphatic carbocycles. The number of quaternary nitrogens is 1. The van der Waals surface area contributed by atoms with E-state index in [0.717, 1.165) is 37.8 Å². The summed E-state index contributed by atoms with van der Waals surface area (Å²) in [5.74, 6) is 1.24. The second kappa shape index (κ2) is 15.1. The van der Waals surface area contributed by atoms with Gasteiger partial charge in [-0.2, -0.15) is 0 Å². The van der Waals surface area contributed by atoms with E-state index < -0.39 is 10.0 Å². The molecule has 0 fully saturated rings. The van der Waals surface area contributed by atoms with Crippen molar-refractivity contribution in [1.82, 2.24) is 0 Å². The van der Waals surface area contributed by atoms with Gasteiger partial charge in [0.25, 0.3) is 0 Å². The summed E-state index contributed by atoms with van der Waals surface area (Å²) >= 11 is 0. The van der Waals surface area contributed by atoms with Gasteiger partial charge in [-0.15, -0.1) is 0 Å². The highest BCUT2D eigenvalue weighted by Crippen LogP contribution is 2.32. The summed E-state index contributed by atoms with van der Waals surface area (Å²) in [7, 11) is -3.45. The van der Waals surface area contributed by atoms with Gasteiger partial charge in [0, 0.05) is 29.5 Å². The molecule has 1 heterocycles. The number of hydrogen-bond acceptors (Lipinski definition) is 5. The summed E-state index contributed by atoms with van der Waals surface area (Å²) in [4.78, 5) is 15.3. The minimum absolute atomic E-state index is 0.144. The normalized spacial score (nSPS) is 11.8. The average Bonchev–Trinajstić information content (AvgIpc) is 3.27. The monoisotopic (exact) mass is 557 g/mol. The molecule has 2 N–H and O–H groups in total. The van der Waals surface area contributed by atoms with Crippen molar-refractivity contribution in [3.05, 3.63) is 59.4 Å². The lowest BCUT2D eigenvalue weighted by molar-refractivity contribution is -0.900. The topological polar surface area (TPSA) is 90.0 Å². The lowest BCUT2D eigenvalue weighted by Gasteiger charge is -2.19. The van der Waals surface area contributed by atoms with E-state index in [1.165, 1.54) is 38.8 Å². The first-order valence-electron chi connectivity index (χ1n) is 14.4. The van der Waals surface area contributed by atoms with Crippen molar-refractivity contribution in [1.29, 1.82) is 0 Å². The minimum Gasteiger partial charge on any atom is -0.493 e. The van der Waals surface area contributed by atoms with Gasteiger partial charge in [0.15, 0.2) is 5.78 Å². The van der Waals surface area contributed by atoms with Crippen LogP contribution in [0.4, 0.5) is 5.69 Å². The molecule has 0 unspecified atom stereocenters. The van der Waals surface area contributed by atoms with Gasteiger partial charge in [-0.1, -0.05) is 40.0 Å². The number of hydrogen-bond donors (Lipinski definition) is 2. The van der Waals surface area contributed by atoms with Crippen LogP contribution in [-0.4, -0.2) is 46.7 Å². The van der Waals surface area contributed by atoms with Crippen LogP contribution in [0.2, 0.25) is 0 Å². The van der Waals surface area contributed by atoms with Crippen molar-refractivity contribution in [2.75, 3.05) is 37.2 Å². The number of benzene rings is 2. The number of unbranched alkanes of at least 4 members (excludes halogenated alkanes) is 3. The van der Waals surface area contributed by atoms with E-state index in [9.17, 15) is 13.2 Å². The van der Waals surface area contributed by atoms with E-state index in [-0.39, 0.29) is 5.78 Å². The lowest BCUT2D eigenvalue weighted by Crippen LogP contribution is -3.12. The Bertz CT molecular complexity index is 1290. The van der Waals surface area contributed by atoms with Crippen molar-refractivity contribution in [3.63, 3.8) is 0 Å². The molecule has 0 amide bonds. The zero-order valence-electron chi connectivity index (χ0n) is 24.0. The van der Waals surface area contributed by atoms with Crippen molar-refractivity contribution in [3.8, 4) is 5.75 Å². The van der Waals surface area contributed by atoms with Gasteiger partial charge in [-0.3, -0.25) is 9.52 Å². The predicted molar refractivity (Wildman–Crippen MR) is 159 cm³/mol. The molecule has 0 spiro atoms. The molecule has 3 aromatic rings. The number of nitrogens with one attached hydrogen (secondary N) is 2. The molecule has 1 aromatic heterocycles. The maximum absolute atomic E-state index is 13.7. The fraction of sp³-hybridized carbons (Fsp3) is 0.516. The maximum atomic E-state index is 13.7. The number of furan rings is 1. The number of aryl methyl sites for hydroxylation is 1. The van der Waals surface area contributed by atoms with Crippen molar-refractivity contribution >= 4 is 32.5 Å². The second-order valence-electron chi connectivity index (χ2n) is 10.4. The molecule has 39 heavy (non-hydrogen) atoms. The maximum Gasteiger partial charge on any atom is 0.229 e. The molecule has 0 saturated heterocycles. The number of sulfonamides is 1. The standard InChI is InChI=1S/C31H44N2O5S/c1-5-8-12-29-30(27-23-25(32-39(4,35)36)15-18-28(27)38-29)31(34)24-13-16-26(17-14-24)37-22-11-21-33(19-9-6-2)20-10-7-3/h13-18,23,32H,5-12,19-22H2,1-4H3/p+1. The number of carbonyl (C=O) groups is 1. The number of ether oxygens (including phenoxy) is 1. The summed E-state index contributed by atoms with van der Waals surface area (Å²) in [6.45, 7) is 10.8. The molecule has 3 rings (SSSR count). The first kappa shape index (κ1) is 30.7. The van der Waals surface area contributed by atoms with E-state index >= 15 is 0 Å². The van der Waals surface area contributed by atoms with Crippen LogP contribution in [0.5, 0.6) is 5.75 Å². The molecule has 0 atom stereocenters. The highest BCUT2D eigenvalue weighted by molar-refractivity contribution is 7.92. The van der Waals surface area contributed by atoms with Gasteiger partial charge >= 0.3 is 0 Å². The summed E-state index contributed by atoms with van der Waals surface area (Å²) < 4.78 is 38.0. The third-order valence-corrected chi connectivity index (χ3v) is 7.48. The van der Waals surface area contributed by atoms with E-state index in [1.807, 2.05) is 12.1 Å². The van der Waals surface area contributed by atoms with E-state index in [2.05, 4.69) is 25.5 Å². The summed E-state index contributed by atoms with van der Waals surface area (Å²) in [5.41, 5.74) is 2.00. The van der Waals surface area contributed by atoms with Crippen LogP contribution in [0.25, 0.3) is 11.0 Å². The van der Waals surface area contributed by atoms with Crippen molar-refractivity contribution < 1.29 is 27.3 Å². The van der Waals surface area contributed by atoms with E-state index in [4.69, 9.17) is 9.15 Å². The molecular formula is C31H45N2O5S+. The number of anilines is 1. The lowest BCUT2D eigenvalue weighted by atomic mass is 9.98. The van der Waals surface area contributed by atoms with E-state index in [0.29, 0.717) is 46.6 Å². The van der Waals surface area contributed by atoms with E-state index in [1.54, 1.807) is 35.2 Å². The van der Waals surface area contributed by atoms with Gasteiger partial charge < -0.3 is 14.1 Å². The Kier molecular flexibility index (Phi) is 11.9. The summed E-state index contributed by atoms with van der Waals surface area (Å²) in [5, 5.41) is 0.610. The van der Waals surface area contributed by atoms with Crippen LogP contribution in [0.15, 0.2) is 46.9 Å². The Labute approximate surface area is 234 Å². The SMILES string of the molecule is CCCCc1oc2ccc(NS(C)(=O)=O)cc2c1C(=O)c1ccc(OCCC[NH+](CCCC)CCCC)cc1. The largest absolute Gasteiger partial charge is 0.493 e. The fourth-order valence-corrected chi connectivity index (χ4v) is 5.33. The van der Waals surface area contributed by atoms with Crippen molar-refractivity contribution in [2.45, 2.75) is 72.1 Å². The fourth-order valence-electron chi connectivity index (χ4n) is 4.78. The number of carbonyl (C=O) groups excluding carboxylic acids is 1. The molecule has 214 valence electrons. The molecule has 8 heteroatoms. The van der Waals surface area contributed by atoms with Crippen LogP contribution in [0.3, 0.4) is 0 Å². The first-order chi connectivity index (χ1) is 18.8. The van der Waals surface area contributed by atoms with Gasteiger partial charge in [-0.05, 0) is 61.7 Å². The van der Waals surface area contributed by atoms with Gasteiger partial charge in [0.2, 0.25) is 10.0 Å². The van der Waals surface area contributed by atoms with Gasteiger partial charge in [0.05, 0.1) is 38.1 Å². The van der Waals surface area contributed by atoms with Gasteiger partial charge in [-0.25, -0.2) is 8.42 Å². The minimum atomic E-state index is -3.45. The van der Waals surface area contributed by atoms with Crippen LogP contribution in [0.1, 0.15) is 87.4 Å². The van der Waals surface area contributed by atoms with Crippen LogP contribution < -0.4 is 14.4 Å². The first-order valence-corrected chi connectivity index (χ1v) is 16.3. The highest BCUT2D eigenvalue weighted by Gasteiger charge is 2.22. The predicted octanol–water partition coefficient (Wildman–Crippen LogP) is 5.63. The third kappa shape index (κ3) is 9.39. The molecule has 0 saturated carbocycles. The Morgan fingerprint density at radius 1 is 0.897 bits per heavy atom. The smallest absolute Gasteiger partial charge is 0.229 e. The molecule has 2 aromatic carbocycles. The molecule has 0 aliphatic heterocycles. The van der Waals surface area contributed by atoms with Crippen LogP contribution >= 0.6 is 0 Å². The number of fused-ring (bicyclic) bond motifs is 1. The number of rotatable bonds is 18. The summed E-state index contributed by atoms with van der Waals surface area (Å²) in [6.07, 6.45) is 9.56. The third-order valence-electron chi connectivity index (χ3n) is 6.88. The molecule has 7 nitrogen and oxygen atoms in total. The van der Waals surface area contributed by atoms with Gasteiger partial charge in [0.1, 0.15) is 17.1 Å². The zero-order chi connectivity index (χ0) is 28.3. The molecule has 0 bridgehead atoms. The molecule has 0 aliphatic rings. The highest BCUT2D eigenvalue weighted by atomic mass is 32.2. The second-order valence-corrected chi connectivity index (χ2v) is 12.1. The quantitative estimate of drug-likeness (QED) is 0.156. The Morgan fingerprint density at radius 3 is 2.15 bits per heavy atom. The average molecular weight is 558 g/mol.